The van der Waals surface area contributed by atoms with Gasteiger partial charge in [0.05, 0.1) is 23.8 Å². The van der Waals surface area contributed by atoms with E-state index in [-0.39, 0.29) is 28.9 Å². The number of hydrogen-bond acceptors (Lipinski definition) is 5. The molecule has 1 aromatic carbocycles. The van der Waals surface area contributed by atoms with E-state index in [1.54, 1.807) is 24.0 Å². The zero-order valence-corrected chi connectivity index (χ0v) is 18.3. The predicted octanol–water partition coefficient (Wildman–Crippen LogP) is 2.79. The Balaban J connectivity index is 1.50. The Labute approximate surface area is 186 Å². The van der Waals surface area contributed by atoms with Crippen molar-refractivity contribution in [1.29, 1.82) is 0 Å². The second-order valence-corrected chi connectivity index (χ2v) is 8.47. The molecule has 0 atom stereocenters. The number of halogens is 1. The van der Waals surface area contributed by atoms with Crippen molar-refractivity contribution < 1.29 is 18.7 Å². The highest BCUT2D eigenvalue weighted by molar-refractivity contribution is 5.95. The van der Waals surface area contributed by atoms with Crippen LogP contribution >= 0.6 is 0 Å². The van der Waals surface area contributed by atoms with Crippen molar-refractivity contribution in [3.8, 4) is 0 Å². The van der Waals surface area contributed by atoms with Crippen LogP contribution in [0, 0.1) is 11.7 Å². The van der Waals surface area contributed by atoms with Crippen LogP contribution in [0.5, 0.6) is 0 Å². The van der Waals surface area contributed by atoms with Gasteiger partial charge in [0.2, 0.25) is 0 Å². The highest BCUT2D eigenvalue weighted by atomic mass is 19.1. The minimum atomic E-state index is -0.567. The number of nitrogens with zero attached hydrogens (tertiary/aromatic N) is 2. The Morgan fingerprint density at radius 2 is 1.91 bits per heavy atom. The van der Waals surface area contributed by atoms with Crippen molar-refractivity contribution in [3.63, 3.8) is 0 Å². The summed E-state index contributed by atoms with van der Waals surface area (Å²) >= 11 is 0. The number of esters is 1. The maximum absolute atomic E-state index is 14.6. The molecule has 4 rings (SSSR count). The van der Waals surface area contributed by atoms with Crippen LogP contribution in [0.25, 0.3) is 0 Å². The van der Waals surface area contributed by atoms with Gasteiger partial charge in [0.25, 0.3) is 11.5 Å². The quantitative estimate of drug-likeness (QED) is 0.721. The van der Waals surface area contributed by atoms with Gasteiger partial charge in [-0.05, 0) is 68.7 Å². The topological polar surface area (TPSA) is 92.4 Å². The van der Waals surface area contributed by atoms with Gasteiger partial charge >= 0.3 is 5.97 Å². The summed E-state index contributed by atoms with van der Waals surface area (Å²) in [5.41, 5.74) is 3.21. The fourth-order valence-corrected chi connectivity index (χ4v) is 4.66. The first kappa shape index (κ1) is 22.2. The van der Waals surface area contributed by atoms with Crippen LogP contribution in [-0.2, 0) is 28.8 Å². The minimum Gasteiger partial charge on any atom is -0.466 e. The number of benzene rings is 1. The largest absolute Gasteiger partial charge is 0.466 e. The number of H-pyrrole nitrogens is 1. The Kier molecular flexibility index (Phi) is 6.67. The Bertz CT molecular complexity index is 1070. The molecule has 2 aromatic rings. The molecule has 7 nitrogen and oxygen atoms in total. The van der Waals surface area contributed by atoms with Gasteiger partial charge in [0.15, 0.2) is 0 Å². The number of rotatable bonds is 5. The zero-order chi connectivity index (χ0) is 22.7. The second kappa shape index (κ2) is 9.63. The third-order valence-electron chi connectivity index (χ3n) is 6.42. The summed E-state index contributed by atoms with van der Waals surface area (Å²) in [5, 5.41) is 6.82. The van der Waals surface area contributed by atoms with Crippen LogP contribution in [0.2, 0.25) is 0 Å². The molecule has 1 fully saturated rings. The minimum absolute atomic E-state index is 0.0235. The van der Waals surface area contributed by atoms with E-state index in [1.165, 1.54) is 6.07 Å². The van der Waals surface area contributed by atoms with Crippen LogP contribution in [-0.4, -0.2) is 46.7 Å². The molecule has 8 heteroatoms. The van der Waals surface area contributed by atoms with Crippen molar-refractivity contribution in [3.05, 3.63) is 62.3 Å². The molecule has 0 radical (unpaired) electrons. The number of ether oxygens (including phenoxy) is 1. The van der Waals surface area contributed by atoms with Gasteiger partial charge in [-0.1, -0.05) is 6.07 Å². The molecular formula is C24H28FN3O4. The number of aromatic nitrogens is 2. The van der Waals surface area contributed by atoms with E-state index in [1.807, 2.05) is 0 Å². The number of amides is 1. The lowest BCUT2D eigenvalue weighted by atomic mass is 9.90. The third kappa shape index (κ3) is 4.59. The van der Waals surface area contributed by atoms with Gasteiger partial charge < -0.3 is 9.64 Å². The average Bonchev–Trinajstić information content (AvgIpc) is 2.82. The maximum Gasteiger partial charge on any atom is 0.309 e. The van der Waals surface area contributed by atoms with Crippen molar-refractivity contribution in [2.24, 2.45) is 5.92 Å². The number of carbonyl (C=O) groups is 2. The number of likely N-dealkylation sites (tertiary alicyclic amines) is 1. The van der Waals surface area contributed by atoms with E-state index >= 15 is 0 Å². The number of piperidine rings is 1. The van der Waals surface area contributed by atoms with Crippen molar-refractivity contribution in [2.75, 3.05) is 19.7 Å². The van der Waals surface area contributed by atoms with Gasteiger partial charge in [0.1, 0.15) is 5.82 Å². The summed E-state index contributed by atoms with van der Waals surface area (Å²) < 4.78 is 19.6. The molecule has 1 aliphatic carbocycles. The Hall–Kier alpha value is -3.03. The summed E-state index contributed by atoms with van der Waals surface area (Å²) in [4.78, 5) is 38.6. The van der Waals surface area contributed by atoms with E-state index in [0.29, 0.717) is 39.0 Å². The smallest absolute Gasteiger partial charge is 0.309 e. The monoisotopic (exact) mass is 441 g/mol. The summed E-state index contributed by atoms with van der Waals surface area (Å²) in [5.74, 6) is -1.39. The van der Waals surface area contributed by atoms with Gasteiger partial charge in [0, 0.05) is 25.1 Å². The molecule has 1 aliphatic heterocycles. The summed E-state index contributed by atoms with van der Waals surface area (Å²) in [7, 11) is 0. The molecule has 0 bridgehead atoms. The van der Waals surface area contributed by atoms with Crippen LogP contribution in [0.4, 0.5) is 4.39 Å². The number of carbonyl (C=O) groups excluding carboxylic acids is 2. The molecule has 32 heavy (non-hydrogen) atoms. The average molecular weight is 442 g/mol. The summed E-state index contributed by atoms with van der Waals surface area (Å²) in [6, 6.07) is 4.55. The van der Waals surface area contributed by atoms with Crippen molar-refractivity contribution in [2.45, 2.75) is 51.9 Å². The van der Waals surface area contributed by atoms with Crippen LogP contribution in [0.15, 0.2) is 23.0 Å². The summed E-state index contributed by atoms with van der Waals surface area (Å²) in [6.07, 6.45) is 5.00. The molecule has 0 unspecified atom stereocenters. The lowest BCUT2D eigenvalue weighted by Gasteiger charge is -2.31. The van der Waals surface area contributed by atoms with E-state index in [2.05, 4.69) is 10.2 Å². The molecule has 2 aliphatic rings. The van der Waals surface area contributed by atoms with Gasteiger partial charge in [-0.2, -0.15) is 5.10 Å². The Morgan fingerprint density at radius 1 is 1.19 bits per heavy atom. The van der Waals surface area contributed by atoms with E-state index < -0.39 is 5.82 Å². The molecule has 1 aromatic heterocycles. The highest BCUT2D eigenvalue weighted by Gasteiger charge is 2.30. The molecule has 0 spiro atoms. The molecule has 1 saturated heterocycles. The SMILES string of the molecule is CCOC(=O)C1CCN(C(=O)c2cc(Cc3n[nH]c(=O)c4c3CCCC4)ccc2F)CC1. The van der Waals surface area contributed by atoms with Crippen molar-refractivity contribution in [1.82, 2.24) is 15.1 Å². The van der Waals surface area contributed by atoms with Crippen LogP contribution in [0.1, 0.15) is 65.3 Å². The van der Waals surface area contributed by atoms with Gasteiger partial charge in [-0.15, -0.1) is 0 Å². The van der Waals surface area contributed by atoms with Gasteiger partial charge in [-0.3, -0.25) is 14.4 Å². The van der Waals surface area contributed by atoms with Gasteiger partial charge in [-0.25, -0.2) is 9.49 Å². The summed E-state index contributed by atoms with van der Waals surface area (Å²) in [6.45, 7) is 2.88. The fourth-order valence-electron chi connectivity index (χ4n) is 4.66. The Morgan fingerprint density at radius 3 is 2.62 bits per heavy atom. The standard InChI is InChI=1S/C24H28FN3O4/c1-2-32-24(31)16-9-11-28(12-10-16)23(30)19-13-15(7-8-20(19)25)14-21-17-5-3-4-6-18(17)22(29)27-26-21/h7-8,13,16H,2-6,9-12,14H2,1H3,(H,27,29). The number of fused-ring (bicyclic) bond motifs is 1. The predicted molar refractivity (Wildman–Crippen MR) is 116 cm³/mol. The number of aromatic amines is 1. The highest BCUT2D eigenvalue weighted by Crippen LogP contribution is 2.24. The fraction of sp³-hybridized carbons (Fsp3) is 0.500. The zero-order valence-electron chi connectivity index (χ0n) is 18.3. The molecule has 1 N–H and O–H groups in total. The van der Waals surface area contributed by atoms with Crippen LogP contribution in [0.3, 0.4) is 0 Å². The molecule has 170 valence electrons. The maximum atomic E-state index is 14.6. The van der Waals surface area contributed by atoms with E-state index in [4.69, 9.17) is 4.74 Å². The molecule has 0 saturated carbocycles. The number of hydrogen-bond donors (Lipinski definition) is 1. The first-order valence-electron chi connectivity index (χ1n) is 11.3. The second-order valence-electron chi connectivity index (χ2n) is 8.47. The van der Waals surface area contributed by atoms with Crippen LogP contribution < -0.4 is 5.56 Å². The van der Waals surface area contributed by atoms with Crippen molar-refractivity contribution >= 4 is 11.9 Å². The normalized spacial score (nSPS) is 16.5. The third-order valence-corrected chi connectivity index (χ3v) is 6.42. The first-order chi connectivity index (χ1) is 15.5. The molecular weight excluding hydrogens is 413 g/mol. The lowest BCUT2D eigenvalue weighted by Crippen LogP contribution is -2.41. The number of nitrogens with one attached hydrogen (secondary N) is 1. The molecule has 2 heterocycles. The molecule has 1 amide bonds. The first-order valence-corrected chi connectivity index (χ1v) is 11.3. The lowest BCUT2D eigenvalue weighted by molar-refractivity contribution is -0.149. The van der Waals surface area contributed by atoms with E-state index in [9.17, 15) is 18.8 Å². The van der Waals surface area contributed by atoms with E-state index in [0.717, 1.165) is 48.1 Å².